The third kappa shape index (κ3) is 3.69. The number of rotatable bonds is 4. The van der Waals surface area contributed by atoms with Gasteiger partial charge in [0.2, 0.25) is 0 Å². The maximum absolute atomic E-state index is 12.8. The monoisotopic (exact) mass is 400 g/mol. The smallest absolute Gasteiger partial charge is 0.393 e. The molecule has 9 heteroatoms. The Kier molecular flexibility index (Phi) is 4.77. The first-order valence-electron chi connectivity index (χ1n) is 8.64. The van der Waals surface area contributed by atoms with E-state index in [1.165, 1.54) is 30.7 Å². The Balaban J connectivity index is 1.76. The standard InChI is InChI=1S/C20H15F3N4O2/c21-20(22,23)13-2-4-14(5-3-13)27-11-25-15-6-1-12(9-17(15)27)19-24-8-7-16(26-19)18(29)10-28/h1-9,11,18,28-29H,10H2/t18-/m0/s1. The van der Waals surface area contributed by atoms with Gasteiger partial charge in [0.25, 0.3) is 0 Å². The van der Waals surface area contributed by atoms with Crippen molar-refractivity contribution >= 4 is 11.0 Å². The van der Waals surface area contributed by atoms with Crippen LogP contribution in [0.25, 0.3) is 28.1 Å². The number of alkyl halides is 3. The molecule has 148 valence electrons. The van der Waals surface area contributed by atoms with Crippen LogP contribution >= 0.6 is 0 Å². The molecule has 0 saturated heterocycles. The van der Waals surface area contributed by atoms with Crippen molar-refractivity contribution in [3.05, 3.63) is 72.3 Å². The highest BCUT2D eigenvalue weighted by Gasteiger charge is 2.30. The first-order valence-corrected chi connectivity index (χ1v) is 8.64. The fraction of sp³-hybridized carbons (Fsp3) is 0.150. The number of hydrogen-bond donors (Lipinski definition) is 2. The quantitative estimate of drug-likeness (QED) is 0.548. The number of fused-ring (bicyclic) bond motifs is 1. The summed E-state index contributed by atoms with van der Waals surface area (Å²) in [5, 5.41) is 18.9. The minimum atomic E-state index is -4.40. The summed E-state index contributed by atoms with van der Waals surface area (Å²) in [6, 6.07) is 11.6. The van der Waals surface area contributed by atoms with E-state index >= 15 is 0 Å². The zero-order valence-corrected chi connectivity index (χ0v) is 14.9. The third-order valence-corrected chi connectivity index (χ3v) is 4.47. The van der Waals surface area contributed by atoms with Crippen molar-refractivity contribution in [2.45, 2.75) is 12.3 Å². The summed E-state index contributed by atoms with van der Waals surface area (Å²) in [5.41, 5.74) is 2.05. The molecule has 4 aromatic rings. The van der Waals surface area contributed by atoms with Gasteiger partial charge in [-0.2, -0.15) is 13.2 Å². The van der Waals surface area contributed by atoms with Gasteiger partial charge in [0.05, 0.1) is 28.9 Å². The molecule has 0 fully saturated rings. The molecule has 0 spiro atoms. The maximum atomic E-state index is 12.8. The van der Waals surface area contributed by atoms with Crippen molar-refractivity contribution in [2.75, 3.05) is 6.61 Å². The number of hydrogen-bond acceptors (Lipinski definition) is 5. The highest BCUT2D eigenvalue weighted by molar-refractivity contribution is 5.82. The average molecular weight is 400 g/mol. The van der Waals surface area contributed by atoms with E-state index in [4.69, 9.17) is 5.11 Å². The Hall–Kier alpha value is -3.30. The zero-order valence-electron chi connectivity index (χ0n) is 14.9. The number of aromatic nitrogens is 4. The van der Waals surface area contributed by atoms with Gasteiger partial charge in [0, 0.05) is 17.4 Å². The van der Waals surface area contributed by atoms with E-state index in [0.29, 0.717) is 28.1 Å². The van der Waals surface area contributed by atoms with Crippen LogP contribution in [0.3, 0.4) is 0 Å². The number of aliphatic hydroxyl groups excluding tert-OH is 2. The van der Waals surface area contributed by atoms with E-state index in [2.05, 4.69) is 15.0 Å². The van der Waals surface area contributed by atoms with Gasteiger partial charge in [0.1, 0.15) is 12.4 Å². The molecule has 2 heterocycles. The van der Waals surface area contributed by atoms with Crippen LogP contribution in [0.2, 0.25) is 0 Å². The first kappa shape index (κ1) is 19.0. The molecule has 2 aromatic heterocycles. The van der Waals surface area contributed by atoms with Gasteiger partial charge in [-0.25, -0.2) is 15.0 Å². The number of imidazole rings is 1. The highest BCUT2D eigenvalue weighted by Crippen LogP contribution is 2.30. The lowest BCUT2D eigenvalue weighted by molar-refractivity contribution is -0.137. The molecule has 2 aromatic carbocycles. The largest absolute Gasteiger partial charge is 0.416 e. The topological polar surface area (TPSA) is 84.1 Å². The van der Waals surface area contributed by atoms with Gasteiger partial charge in [-0.1, -0.05) is 0 Å². The Morgan fingerprint density at radius 2 is 1.76 bits per heavy atom. The van der Waals surface area contributed by atoms with Crippen LogP contribution in [0.1, 0.15) is 17.4 Å². The van der Waals surface area contributed by atoms with Crippen LogP contribution in [0.15, 0.2) is 61.1 Å². The van der Waals surface area contributed by atoms with E-state index < -0.39 is 24.5 Å². The molecule has 0 bridgehead atoms. The molecule has 0 saturated carbocycles. The lowest BCUT2D eigenvalue weighted by Gasteiger charge is -2.10. The van der Waals surface area contributed by atoms with Crippen molar-refractivity contribution < 1.29 is 23.4 Å². The second-order valence-corrected chi connectivity index (χ2v) is 6.37. The lowest BCUT2D eigenvalue weighted by Crippen LogP contribution is -2.06. The van der Waals surface area contributed by atoms with Crippen molar-refractivity contribution in [2.24, 2.45) is 0 Å². The number of benzene rings is 2. The summed E-state index contributed by atoms with van der Waals surface area (Å²) in [7, 11) is 0. The molecule has 0 aliphatic heterocycles. The fourth-order valence-corrected chi connectivity index (χ4v) is 2.95. The predicted molar refractivity (Wildman–Crippen MR) is 99.1 cm³/mol. The molecule has 0 aliphatic rings. The van der Waals surface area contributed by atoms with Gasteiger partial charge in [-0.15, -0.1) is 0 Å². The summed E-state index contributed by atoms with van der Waals surface area (Å²) in [5.74, 6) is 0.345. The summed E-state index contributed by atoms with van der Waals surface area (Å²) in [4.78, 5) is 12.8. The van der Waals surface area contributed by atoms with Crippen LogP contribution in [0.5, 0.6) is 0 Å². The first-order chi connectivity index (χ1) is 13.9. The van der Waals surface area contributed by atoms with Crippen molar-refractivity contribution in [3.8, 4) is 17.1 Å². The maximum Gasteiger partial charge on any atom is 0.416 e. The summed E-state index contributed by atoms with van der Waals surface area (Å²) >= 11 is 0. The molecule has 0 amide bonds. The third-order valence-electron chi connectivity index (χ3n) is 4.47. The Morgan fingerprint density at radius 3 is 2.45 bits per heavy atom. The van der Waals surface area contributed by atoms with Gasteiger partial charge in [-0.3, -0.25) is 4.57 Å². The predicted octanol–water partition coefficient (Wildman–Crippen LogP) is 3.53. The molecule has 0 unspecified atom stereocenters. The van der Waals surface area contributed by atoms with Gasteiger partial charge in [-0.05, 0) is 48.5 Å². The molecule has 1 atom stereocenters. The second kappa shape index (κ2) is 7.26. The van der Waals surface area contributed by atoms with Crippen LogP contribution in [0.4, 0.5) is 13.2 Å². The molecule has 4 rings (SSSR count). The lowest BCUT2D eigenvalue weighted by atomic mass is 10.1. The Labute approximate surface area is 162 Å². The number of halogens is 3. The molecule has 6 nitrogen and oxygen atoms in total. The summed E-state index contributed by atoms with van der Waals surface area (Å²) < 4.78 is 40.1. The molecule has 0 aliphatic carbocycles. The van der Waals surface area contributed by atoms with E-state index in [0.717, 1.165) is 12.1 Å². The molecular weight excluding hydrogens is 385 g/mol. The normalized spacial score (nSPS) is 13.0. The van der Waals surface area contributed by atoms with Crippen molar-refractivity contribution in [3.63, 3.8) is 0 Å². The highest BCUT2D eigenvalue weighted by atomic mass is 19.4. The van der Waals surface area contributed by atoms with E-state index in [1.807, 2.05) is 0 Å². The second-order valence-electron chi connectivity index (χ2n) is 6.37. The van der Waals surface area contributed by atoms with Crippen molar-refractivity contribution in [1.29, 1.82) is 0 Å². The van der Waals surface area contributed by atoms with Crippen LogP contribution in [-0.4, -0.2) is 36.3 Å². The molecule has 29 heavy (non-hydrogen) atoms. The van der Waals surface area contributed by atoms with Crippen LogP contribution in [-0.2, 0) is 6.18 Å². The van der Waals surface area contributed by atoms with Gasteiger partial charge >= 0.3 is 6.18 Å². The molecular formula is C20H15F3N4O2. The minimum Gasteiger partial charge on any atom is -0.393 e. The van der Waals surface area contributed by atoms with Crippen molar-refractivity contribution in [1.82, 2.24) is 19.5 Å². The Bertz CT molecular complexity index is 1160. The SMILES string of the molecule is OC[C@H](O)c1ccnc(-c2ccc3ncn(-c4ccc(C(F)(F)F)cc4)c3c2)n1. The average Bonchev–Trinajstić information content (AvgIpc) is 3.16. The van der Waals surface area contributed by atoms with Gasteiger partial charge < -0.3 is 10.2 Å². The number of nitrogens with zero attached hydrogens (tertiary/aromatic N) is 4. The summed E-state index contributed by atoms with van der Waals surface area (Å²) in [6.07, 6.45) is -2.50. The Morgan fingerprint density at radius 1 is 1.00 bits per heavy atom. The molecule has 0 radical (unpaired) electrons. The minimum absolute atomic E-state index is 0.286. The van der Waals surface area contributed by atoms with Gasteiger partial charge in [0.15, 0.2) is 5.82 Å². The van der Waals surface area contributed by atoms with E-state index in [1.54, 1.807) is 22.8 Å². The zero-order chi connectivity index (χ0) is 20.6. The van der Waals surface area contributed by atoms with E-state index in [-0.39, 0.29) is 5.69 Å². The van der Waals surface area contributed by atoms with E-state index in [9.17, 15) is 18.3 Å². The fourth-order valence-electron chi connectivity index (χ4n) is 2.95. The van der Waals surface area contributed by atoms with Crippen LogP contribution in [0, 0.1) is 0 Å². The number of aliphatic hydroxyl groups is 2. The van der Waals surface area contributed by atoms with Crippen LogP contribution < -0.4 is 0 Å². The summed E-state index contributed by atoms with van der Waals surface area (Å²) in [6.45, 7) is -0.462. The molecule has 2 N–H and O–H groups in total.